The number of benzene rings is 1. The van der Waals surface area contributed by atoms with Gasteiger partial charge in [-0.2, -0.15) is 0 Å². The zero-order chi connectivity index (χ0) is 11.4. The summed E-state index contributed by atoms with van der Waals surface area (Å²) in [5.74, 6) is 0. The van der Waals surface area contributed by atoms with Crippen LogP contribution in [0.5, 0.6) is 0 Å². The Balaban J connectivity index is 2.77. The Morgan fingerprint density at radius 1 is 1.20 bits per heavy atom. The first-order valence-electron chi connectivity index (χ1n) is 5.49. The molecule has 1 aromatic rings. The molecule has 0 aliphatic rings. The average molecular weight is 207 g/mol. The van der Waals surface area contributed by atoms with Crippen LogP contribution in [0.15, 0.2) is 12.1 Å². The van der Waals surface area contributed by atoms with Crippen molar-refractivity contribution in [3.05, 3.63) is 34.4 Å². The first-order chi connectivity index (χ1) is 7.04. The smallest absolute Gasteiger partial charge is 0.0665 e. The molecule has 0 aliphatic heterocycles. The molecule has 0 radical (unpaired) electrons. The van der Waals surface area contributed by atoms with Gasteiger partial charge in [-0.3, -0.25) is 0 Å². The van der Waals surface area contributed by atoms with Gasteiger partial charge in [-0.15, -0.1) is 0 Å². The Labute approximate surface area is 92.1 Å². The van der Waals surface area contributed by atoms with Crippen molar-refractivity contribution in [2.24, 2.45) is 5.73 Å². The average Bonchev–Trinajstić information content (AvgIpc) is 2.15. The quantitative estimate of drug-likeness (QED) is 0.791. The fraction of sp³-hybridized carbons (Fsp3) is 0.538. The predicted molar refractivity (Wildman–Crippen MR) is 64.0 cm³/mol. The maximum atomic E-state index is 9.43. The Hall–Kier alpha value is -0.860. The van der Waals surface area contributed by atoms with E-state index in [0.29, 0.717) is 6.54 Å². The van der Waals surface area contributed by atoms with Gasteiger partial charge in [0.1, 0.15) is 0 Å². The van der Waals surface area contributed by atoms with E-state index in [1.54, 1.807) is 0 Å². The summed E-state index contributed by atoms with van der Waals surface area (Å²) in [5.41, 5.74) is 10.7. The lowest BCUT2D eigenvalue weighted by atomic mass is 9.95. The Kier molecular flexibility index (Phi) is 4.30. The van der Waals surface area contributed by atoms with Crippen LogP contribution in [-0.2, 0) is 6.42 Å². The zero-order valence-corrected chi connectivity index (χ0v) is 9.88. The molecule has 0 aromatic heterocycles. The fourth-order valence-electron chi connectivity index (χ4n) is 2.03. The molecule has 0 saturated heterocycles. The Bertz CT molecular complexity index is 310. The van der Waals surface area contributed by atoms with E-state index in [2.05, 4.69) is 32.9 Å². The highest BCUT2D eigenvalue weighted by atomic mass is 16.3. The molecule has 2 nitrogen and oxygen atoms in total. The third-order valence-electron chi connectivity index (χ3n) is 2.84. The number of aliphatic hydroxyl groups is 1. The van der Waals surface area contributed by atoms with E-state index in [4.69, 9.17) is 5.73 Å². The second kappa shape index (κ2) is 5.29. The van der Waals surface area contributed by atoms with Gasteiger partial charge in [-0.05, 0) is 50.3 Å². The molecule has 1 atom stereocenters. The summed E-state index contributed by atoms with van der Waals surface area (Å²) in [4.78, 5) is 0. The van der Waals surface area contributed by atoms with Crippen molar-refractivity contribution < 1.29 is 5.11 Å². The van der Waals surface area contributed by atoms with Crippen LogP contribution < -0.4 is 5.73 Å². The van der Waals surface area contributed by atoms with Gasteiger partial charge >= 0.3 is 0 Å². The van der Waals surface area contributed by atoms with Gasteiger partial charge in [0, 0.05) is 6.54 Å². The van der Waals surface area contributed by atoms with Gasteiger partial charge < -0.3 is 10.8 Å². The molecule has 0 fully saturated rings. The standard InChI is InChI=1S/C13H21NO/c1-9-6-10(2)13(11(3)7-9)5-4-12(15)8-14/h6-7,12,15H,4-5,8,14H2,1-3H3. The molecule has 15 heavy (non-hydrogen) atoms. The van der Waals surface area contributed by atoms with Crippen molar-refractivity contribution in [3.63, 3.8) is 0 Å². The van der Waals surface area contributed by atoms with E-state index >= 15 is 0 Å². The second-order valence-electron chi connectivity index (χ2n) is 4.31. The van der Waals surface area contributed by atoms with E-state index in [-0.39, 0.29) is 6.10 Å². The van der Waals surface area contributed by atoms with Crippen LogP contribution in [0.4, 0.5) is 0 Å². The molecular weight excluding hydrogens is 186 g/mol. The van der Waals surface area contributed by atoms with Crippen molar-refractivity contribution >= 4 is 0 Å². The van der Waals surface area contributed by atoms with E-state index in [9.17, 15) is 5.11 Å². The summed E-state index contributed by atoms with van der Waals surface area (Å²) in [6.45, 7) is 6.72. The Morgan fingerprint density at radius 3 is 2.20 bits per heavy atom. The number of hydrogen-bond acceptors (Lipinski definition) is 2. The minimum absolute atomic E-state index is 0.351. The minimum atomic E-state index is -0.370. The Morgan fingerprint density at radius 2 is 1.73 bits per heavy atom. The lowest BCUT2D eigenvalue weighted by molar-refractivity contribution is 0.173. The third kappa shape index (κ3) is 3.33. The summed E-state index contributed by atoms with van der Waals surface area (Å²) < 4.78 is 0. The van der Waals surface area contributed by atoms with Crippen LogP contribution in [0.2, 0.25) is 0 Å². The first-order valence-corrected chi connectivity index (χ1v) is 5.49. The van der Waals surface area contributed by atoms with Crippen molar-refractivity contribution in [2.75, 3.05) is 6.54 Å². The highest BCUT2D eigenvalue weighted by Gasteiger charge is 2.06. The van der Waals surface area contributed by atoms with Gasteiger partial charge in [0.2, 0.25) is 0 Å². The topological polar surface area (TPSA) is 46.2 Å². The molecule has 0 spiro atoms. The molecule has 0 heterocycles. The van der Waals surface area contributed by atoms with Gasteiger partial charge in [0.15, 0.2) is 0 Å². The van der Waals surface area contributed by atoms with Gasteiger partial charge in [0.25, 0.3) is 0 Å². The first kappa shape index (κ1) is 12.2. The maximum Gasteiger partial charge on any atom is 0.0665 e. The van der Waals surface area contributed by atoms with Crippen molar-refractivity contribution in [1.82, 2.24) is 0 Å². The number of rotatable bonds is 4. The van der Waals surface area contributed by atoms with E-state index in [1.807, 2.05) is 0 Å². The van der Waals surface area contributed by atoms with Crippen LogP contribution in [-0.4, -0.2) is 17.8 Å². The summed E-state index contributed by atoms with van der Waals surface area (Å²) in [5, 5.41) is 9.43. The molecule has 2 heteroatoms. The molecule has 1 aromatic carbocycles. The third-order valence-corrected chi connectivity index (χ3v) is 2.84. The molecule has 0 amide bonds. The van der Waals surface area contributed by atoms with Crippen LogP contribution in [0.3, 0.4) is 0 Å². The SMILES string of the molecule is Cc1cc(C)c(CCC(O)CN)c(C)c1. The minimum Gasteiger partial charge on any atom is -0.392 e. The maximum absolute atomic E-state index is 9.43. The molecule has 0 saturated carbocycles. The molecule has 0 bridgehead atoms. The van der Waals surface area contributed by atoms with E-state index in [0.717, 1.165) is 12.8 Å². The van der Waals surface area contributed by atoms with Gasteiger partial charge in [0.05, 0.1) is 6.10 Å². The monoisotopic (exact) mass is 207 g/mol. The number of aliphatic hydroxyl groups excluding tert-OH is 1. The molecule has 1 unspecified atom stereocenters. The highest BCUT2D eigenvalue weighted by molar-refractivity contribution is 5.37. The molecule has 3 N–H and O–H groups in total. The van der Waals surface area contributed by atoms with E-state index < -0.39 is 0 Å². The van der Waals surface area contributed by atoms with Crippen LogP contribution >= 0.6 is 0 Å². The predicted octanol–water partition coefficient (Wildman–Crippen LogP) is 1.86. The number of hydrogen-bond donors (Lipinski definition) is 2. The summed E-state index contributed by atoms with van der Waals surface area (Å²) in [6.07, 6.45) is 1.29. The summed E-state index contributed by atoms with van der Waals surface area (Å²) in [7, 11) is 0. The summed E-state index contributed by atoms with van der Waals surface area (Å²) in [6, 6.07) is 4.38. The van der Waals surface area contributed by atoms with Crippen LogP contribution in [0.1, 0.15) is 28.7 Å². The fourth-order valence-corrected chi connectivity index (χ4v) is 2.03. The van der Waals surface area contributed by atoms with Gasteiger partial charge in [-0.1, -0.05) is 17.7 Å². The molecule has 1 rings (SSSR count). The number of nitrogens with two attached hydrogens (primary N) is 1. The number of aryl methyl sites for hydroxylation is 3. The van der Waals surface area contributed by atoms with Crippen molar-refractivity contribution in [1.29, 1.82) is 0 Å². The lowest BCUT2D eigenvalue weighted by Crippen LogP contribution is -2.20. The van der Waals surface area contributed by atoms with Crippen LogP contribution in [0.25, 0.3) is 0 Å². The highest BCUT2D eigenvalue weighted by Crippen LogP contribution is 2.18. The molecule has 84 valence electrons. The zero-order valence-electron chi connectivity index (χ0n) is 9.88. The van der Waals surface area contributed by atoms with Crippen molar-refractivity contribution in [2.45, 2.75) is 39.7 Å². The van der Waals surface area contributed by atoms with Crippen LogP contribution in [0, 0.1) is 20.8 Å². The second-order valence-corrected chi connectivity index (χ2v) is 4.31. The largest absolute Gasteiger partial charge is 0.392 e. The van der Waals surface area contributed by atoms with Gasteiger partial charge in [-0.25, -0.2) is 0 Å². The van der Waals surface area contributed by atoms with Crippen molar-refractivity contribution in [3.8, 4) is 0 Å². The normalized spacial score (nSPS) is 12.9. The molecular formula is C13H21NO. The van der Waals surface area contributed by atoms with E-state index in [1.165, 1.54) is 22.3 Å². The lowest BCUT2D eigenvalue weighted by Gasteiger charge is -2.13. The molecule has 0 aliphatic carbocycles. The summed E-state index contributed by atoms with van der Waals surface area (Å²) >= 11 is 0.